The monoisotopic (exact) mass is 378 g/mol. The number of rotatable bonds is 6. The summed E-state index contributed by atoms with van der Waals surface area (Å²) in [5.74, 6) is 0.458. The van der Waals surface area contributed by atoms with Crippen LogP contribution >= 0.6 is 31.9 Å². The van der Waals surface area contributed by atoms with E-state index in [0.717, 1.165) is 0 Å². The van der Waals surface area contributed by atoms with Gasteiger partial charge >= 0.3 is 0 Å². The molecule has 0 amide bonds. The van der Waals surface area contributed by atoms with E-state index in [9.17, 15) is 9.59 Å². The van der Waals surface area contributed by atoms with Crippen LogP contribution in [-0.2, 0) is 0 Å². The van der Waals surface area contributed by atoms with Gasteiger partial charge in [-0.25, -0.2) is 0 Å². The maximum absolute atomic E-state index is 11.7. The highest BCUT2D eigenvalue weighted by Crippen LogP contribution is 2.30. The normalized spacial score (nSPS) is 10.0. The SMILES string of the molecule is COc1cc(C(=O)CBr)c(OC)cc1C(=O)CBr. The Hall–Kier alpha value is -0.880. The fraction of sp³-hybridized carbons (Fsp3) is 0.333. The minimum Gasteiger partial charge on any atom is -0.496 e. The molecule has 1 aromatic carbocycles. The Kier molecular flexibility index (Phi) is 5.81. The molecule has 0 heterocycles. The molecule has 4 nitrogen and oxygen atoms in total. The van der Waals surface area contributed by atoms with Crippen LogP contribution in [0.15, 0.2) is 12.1 Å². The molecule has 0 fully saturated rings. The molecular formula is C12H12Br2O4. The van der Waals surface area contributed by atoms with Crippen LogP contribution in [0.1, 0.15) is 20.7 Å². The Bertz CT molecular complexity index is 428. The lowest BCUT2D eigenvalue weighted by Crippen LogP contribution is -2.09. The second-order valence-electron chi connectivity index (χ2n) is 3.37. The number of ketones is 2. The van der Waals surface area contributed by atoms with Gasteiger partial charge in [-0.15, -0.1) is 0 Å². The molecule has 0 atom stereocenters. The molecule has 6 heteroatoms. The van der Waals surface area contributed by atoms with Crippen molar-refractivity contribution in [2.24, 2.45) is 0 Å². The fourth-order valence-corrected chi connectivity index (χ4v) is 2.08. The molecule has 0 N–H and O–H groups in total. The second-order valence-corrected chi connectivity index (χ2v) is 4.49. The van der Waals surface area contributed by atoms with Crippen LogP contribution in [0.25, 0.3) is 0 Å². The Morgan fingerprint density at radius 1 is 0.944 bits per heavy atom. The molecule has 0 spiro atoms. The van der Waals surface area contributed by atoms with Crippen LogP contribution in [0.2, 0.25) is 0 Å². The van der Waals surface area contributed by atoms with Gasteiger partial charge in [0, 0.05) is 0 Å². The van der Waals surface area contributed by atoms with Gasteiger partial charge in [0.2, 0.25) is 0 Å². The number of Topliss-reactive ketones (excluding diaryl/α,β-unsaturated/α-hetero) is 2. The first-order valence-corrected chi connectivity index (χ1v) is 7.27. The van der Waals surface area contributed by atoms with Crippen LogP contribution in [0.3, 0.4) is 0 Å². The fourth-order valence-electron chi connectivity index (χ4n) is 1.48. The smallest absolute Gasteiger partial charge is 0.177 e. The molecule has 1 aromatic rings. The molecule has 0 unspecified atom stereocenters. The summed E-state index contributed by atoms with van der Waals surface area (Å²) in [7, 11) is 2.91. The Balaban J connectivity index is 3.41. The van der Waals surface area contributed by atoms with Crippen LogP contribution < -0.4 is 9.47 Å². The van der Waals surface area contributed by atoms with E-state index >= 15 is 0 Å². The molecular weight excluding hydrogens is 368 g/mol. The second kappa shape index (κ2) is 6.89. The molecule has 18 heavy (non-hydrogen) atoms. The van der Waals surface area contributed by atoms with Gasteiger partial charge in [-0.05, 0) is 12.1 Å². The van der Waals surface area contributed by atoms with Crippen molar-refractivity contribution >= 4 is 43.4 Å². The summed E-state index contributed by atoms with van der Waals surface area (Å²) in [5.41, 5.74) is 0.773. The number of alkyl halides is 2. The van der Waals surface area contributed by atoms with Crippen molar-refractivity contribution in [1.82, 2.24) is 0 Å². The summed E-state index contributed by atoms with van der Waals surface area (Å²) in [6, 6.07) is 3.05. The highest BCUT2D eigenvalue weighted by molar-refractivity contribution is 9.09. The summed E-state index contributed by atoms with van der Waals surface area (Å²) in [6.45, 7) is 0. The molecule has 0 aromatic heterocycles. The minimum absolute atomic E-state index is 0.136. The molecule has 0 aliphatic heterocycles. The first-order valence-electron chi connectivity index (χ1n) is 5.03. The Labute approximate surface area is 122 Å². The Morgan fingerprint density at radius 2 is 1.28 bits per heavy atom. The van der Waals surface area contributed by atoms with Crippen LogP contribution in [0.5, 0.6) is 11.5 Å². The molecule has 0 radical (unpaired) electrons. The van der Waals surface area contributed by atoms with Crippen molar-refractivity contribution in [3.63, 3.8) is 0 Å². The predicted octanol–water partition coefficient (Wildman–Crippen LogP) is 2.86. The average molecular weight is 380 g/mol. The third-order valence-corrected chi connectivity index (χ3v) is 3.38. The number of hydrogen-bond acceptors (Lipinski definition) is 4. The van der Waals surface area contributed by atoms with E-state index in [1.165, 1.54) is 26.4 Å². The van der Waals surface area contributed by atoms with Crippen molar-refractivity contribution in [3.8, 4) is 11.5 Å². The molecule has 1 rings (SSSR count). The van der Waals surface area contributed by atoms with Gasteiger partial charge in [0.05, 0.1) is 36.0 Å². The highest BCUT2D eigenvalue weighted by atomic mass is 79.9. The number of benzene rings is 1. The number of ether oxygens (including phenoxy) is 2. The third-order valence-electron chi connectivity index (χ3n) is 2.37. The van der Waals surface area contributed by atoms with Gasteiger partial charge in [-0.1, -0.05) is 31.9 Å². The topological polar surface area (TPSA) is 52.6 Å². The lowest BCUT2D eigenvalue weighted by atomic mass is 10.0. The molecule has 0 bridgehead atoms. The minimum atomic E-state index is -0.136. The molecule has 98 valence electrons. The van der Waals surface area contributed by atoms with E-state index in [2.05, 4.69) is 31.9 Å². The summed E-state index contributed by atoms with van der Waals surface area (Å²) in [6.07, 6.45) is 0. The summed E-state index contributed by atoms with van der Waals surface area (Å²) in [5, 5.41) is 0.358. The number of halogens is 2. The van der Waals surface area contributed by atoms with Crippen molar-refractivity contribution < 1.29 is 19.1 Å². The molecule has 0 aliphatic rings. The van der Waals surface area contributed by atoms with Gasteiger partial charge in [0.15, 0.2) is 11.6 Å². The van der Waals surface area contributed by atoms with E-state index < -0.39 is 0 Å². The van der Waals surface area contributed by atoms with Gasteiger partial charge in [0.1, 0.15) is 11.5 Å². The maximum atomic E-state index is 11.7. The molecule has 0 saturated heterocycles. The van der Waals surface area contributed by atoms with E-state index in [1.807, 2.05) is 0 Å². The zero-order valence-electron chi connectivity index (χ0n) is 9.96. The summed E-state index contributed by atoms with van der Waals surface area (Å²) >= 11 is 6.20. The van der Waals surface area contributed by atoms with Crippen molar-refractivity contribution in [2.45, 2.75) is 0 Å². The Morgan fingerprint density at radius 3 is 1.50 bits per heavy atom. The predicted molar refractivity (Wildman–Crippen MR) is 75.8 cm³/mol. The third kappa shape index (κ3) is 3.11. The van der Waals surface area contributed by atoms with E-state index in [-0.39, 0.29) is 22.2 Å². The van der Waals surface area contributed by atoms with Gasteiger partial charge < -0.3 is 9.47 Å². The zero-order chi connectivity index (χ0) is 13.7. The van der Waals surface area contributed by atoms with E-state index in [0.29, 0.717) is 22.6 Å². The van der Waals surface area contributed by atoms with E-state index in [1.54, 1.807) is 0 Å². The van der Waals surface area contributed by atoms with E-state index in [4.69, 9.17) is 9.47 Å². The van der Waals surface area contributed by atoms with Crippen molar-refractivity contribution in [1.29, 1.82) is 0 Å². The van der Waals surface area contributed by atoms with Gasteiger partial charge in [-0.3, -0.25) is 9.59 Å². The van der Waals surface area contributed by atoms with Gasteiger partial charge in [0.25, 0.3) is 0 Å². The quantitative estimate of drug-likeness (QED) is 0.563. The maximum Gasteiger partial charge on any atom is 0.177 e. The average Bonchev–Trinajstić information content (AvgIpc) is 2.43. The highest BCUT2D eigenvalue weighted by Gasteiger charge is 2.19. The number of carbonyl (C=O) groups is 2. The van der Waals surface area contributed by atoms with Gasteiger partial charge in [-0.2, -0.15) is 0 Å². The van der Waals surface area contributed by atoms with Crippen molar-refractivity contribution in [2.75, 3.05) is 24.9 Å². The van der Waals surface area contributed by atoms with Crippen LogP contribution in [0, 0.1) is 0 Å². The first kappa shape index (κ1) is 15.2. The zero-order valence-corrected chi connectivity index (χ0v) is 13.1. The summed E-state index contributed by atoms with van der Waals surface area (Å²) < 4.78 is 10.3. The number of carbonyl (C=O) groups excluding carboxylic acids is 2. The van der Waals surface area contributed by atoms with Crippen LogP contribution in [-0.4, -0.2) is 36.4 Å². The van der Waals surface area contributed by atoms with Crippen molar-refractivity contribution in [3.05, 3.63) is 23.3 Å². The lowest BCUT2D eigenvalue weighted by molar-refractivity contribution is 0.100. The lowest BCUT2D eigenvalue weighted by Gasteiger charge is -2.12. The summed E-state index contributed by atoms with van der Waals surface area (Å²) in [4.78, 5) is 23.5. The molecule has 0 aliphatic carbocycles. The molecule has 0 saturated carbocycles. The standard InChI is InChI=1S/C12H12Br2O4/c1-17-11-3-8(10(16)6-14)12(18-2)4-7(11)9(15)5-13/h3-4H,5-6H2,1-2H3. The number of hydrogen-bond donors (Lipinski definition) is 0. The van der Waals surface area contributed by atoms with Crippen LogP contribution in [0.4, 0.5) is 0 Å². The first-order chi connectivity index (χ1) is 8.58. The largest absolute Gasteiger partial charge is 0.496 e. The number of methoxy groups -OCH3 is 2.